The van der Waals surface area contributed by atoms with E-state index in [9.17, 15) is 18.3 Å². The van der Waals surface area contributed by atoms with Crippen molar-refractivity contribution in [2.75, 3.05) is 33.3 Å². The molecule has 128 valence electrons. The number of amides is 1. The third-order valence-electron chi connectivity index (χ3n) is 3.94. The third-order valence-corrected chi connectivity index (χ3v) is 5.86. The van der Waals surface area contributed by atoms with Crippen LogP contribution >= 0.6 is 0 Å². The highest BCUT2D eigenvalue weighted by molar-refractivity contribution is 7.89. The van der Waals surface area contributed by atoms with E-state index in [1.54, 1.807) is 7.05 Å². The molecule has 2 N–H and O–H groups in total. The van der Waals surface area contributed by atoms with Crippen LogP contribution in [0.2, 0.25) is 0 Å². The van der Waals surface area contributed by atoms with E-state index in [4.69, 9.17) is 5.11 Å². The number of piperidine rings is 1. The van der Waals surface area contributed by atoms with Crippen LogP contribution in [0.4, 0.5) is 0 Å². The first-order valence-electron chi connectivity index (χ1n) is 7.51. The van der Waals surface area contributed by atoms with Gasteiger partial charge in [-0.15, -0.1) is 0 Å². The Hall–Kier alpha value is -1.48. The maximum absolute atomic E-state index is 12.5. The minimum atomic E-state index is -3.60. The highest BCUT2D eigenvalue weighted by Gasteiger charge is 2.28. The molecule has 7 nitrogen and oxygen atoms in total. The summed E-state index contributed by atoms with van der Waals surface area (Å²) >= 11 is 0. The summed E-state index contributed by atoms with van der Waals surface area (Å²) < 4.78 is 26.4. The van der Waals surface area contributed by atoms with Crippen LogP contribution in [0, 0.1) is 0 Å². The molecule has 1 heterocycles. The number of aliphatic hydroxyl groups excluding tert-OH is 2. The highest BCUT2D eigenvalue weighted by atomic mass is 32.2. The summed E-state index contributed by atoms with van der Waals surface area (Å²) in [6, 6.07) is 5.78. The lowest BCUT2D eigenvalue weighted by Gasteiger charge is -2.28. The zero-order valence-corrected chi connectivity index (χ0v) is 13.9. The predicted octanol–water partition coefficient (Wildman–Crippen LogP) is -0.104. The van der Waals surface area contributed by atoms with Gasteiger partial charge in [0.15, 0.2) is 0 Å². The standard InChI is InChI=1S/C15H22N2O5S/c1-16(10-11-18)15(20)12-2-4-14(5-3-12)23(21,22)17-8-6-13(19)7-9-17/h2-5,13,18-19H,6-11H2,1H3. The lowest BCUT2D eigenvalue weighted by molar-refractivity contribution is 0.0766. The molecule has 0 spiro atoms. The van der Waals surface area contributed by atoms with Crippen LogP contribution in [-0.2, 0) is 10.0 Å². The van der Waals surface area contributed by atoms with E-state index in [1.165, 1.54) is 33.5 Å². The van der Waals surface area contributed by atoms with Crippen LogP contribution in [0.15, 0.2) is 29.2 Å². The Morgan fingerprint density at radius 1 is 1.26 bits per heavy atom. The largest absolute Gasteiger partial charge is 0.395 e. The smallest absolute Gasteiger partial charge is 0.253 e. The van der Waals surface area contributed by atoms with E-state index in [2.05, 4.69) is 0 Å². The molecule has 0 unspecified atom stereocenters. The lowest BCUT2D eigenvalue weighted by atomic mass is 10.1. The van der Waals surface area contributed by atoms with Crippen molar-refractivity contribution in [3.63, 3.8) is 0 Å². The van der Waals surface area contributed by atoms with Crippen LogP contribution in [0.5, 0.6) is 0 Å². The summed E-state index contributed by atoms with van der Waals surface area (Å²) in [5.41, 5.74) is 0.369. The van der Waals surface area contributed by atoms with Crippen molar-refractivity contribution in [3.8, 4) is 0 Å². The summed E-state index contributed by atoms with van der Waals surface area (Å²) in [5, 5.41) is 18.3. The molecule has 1 aromatic rings. The number of carbonyl (C=O) groups excluding carboxylic acids is 1. The van der Waals surface area contributed by atoms with Crippen molar-refractivity contribution in [1.82, 2.24) is 9.21 Å². The molecule has 1 aliphatic rings. The van der Waals surface area contributed by atoms with Crippen LogP contribution in [0.3, 0.4) is 0 Å². The Balaban J connectivity index is 2.14. The average Bonchev–Trinajstić information content (AvgIpc) is 2.55. The van der Waals surface area contributed by atoms with Gasteiger partial charge in [-0.2, -0.15) is 4.31 Å². The molecule has 1 aromatic carbocycles. The molecule has 0 radical (unpaired) electrons. The molecule has 0 aromatic heterocycles. The van der Waals surface area contributed by atoms with Crippen LogP contribution in [-0.4, -0.2) is 73.1 Å². The number of aliphatic hydroxyl groups is 2. The number of rotatable bonds is 5. The van der Waals surface area contributed by atoms with E-state index >= 15 is 0 Å². The molecular formula is C15H22N2O5S. The predicted molar refractivity (Wildman–Crippen MR) is 84.5 cm³/mol. The first kappa shape index (κ1) is 17.9. The summed E-state index contributed by atoms with van der Waals surface area (Å²) in [4.78, 5) is 13.6. The SMILES string of the molecule is CN(CCO)C(=O)c1ccc(S(=O)(=O)N2CCC(O)CC2)cc1. The zero-order chi connectivity index (χ0) is 17.0. The van der Waals surface area contributed by atoms with Gasteiger partial charge in [-0.05, 0) is 37.1 Å². The Labute approximate surface area is 136 Å². The second-order valence-electron chi connectivity index (χ2n) is 5.61. The van der Waals surface area contributed by atoms with Crippen molar-refractivity contribution in [2.45, 2.75) is 23.8 Å². The van der Waals surface area contributed by atoms with Crippen molar-refractivity contribution >= 4 is 15.9 Å². The second kappa shape index (κ2) is 7.39. The van der Waals surface area contributed by atoms with Crippen molar-refractivity contribution in [2.24, 2.45) is 0 Å². The van der Waals surface area contributed by atoms with Crippen molar-refractivity contribution in [1.29, 1.82) is 0 Å². The van der Waals surface area contributed by atoms with Gasteiger partial charge in [0.05, 0.1) is 17.6 Å². The lowest BCUT2D eigenvalue weighted by Crippen LogP contribution is -2.40. The fraction of sp³-hybridized carbons (Fsp3) is 0.533. The van der Waals surface area contributed by atoms with E-state index in [1.807, 2.05) is 0 Å². The summed E-state index contributed by atoms with van der Waals surface area (Å²) in [6.45, 7) is 0.678. The number of hydrogen-bond donors (Lipinski definition) is 2. The quantitative estimate of drug-likeness (QED) is 0.778. The van der Waals surface area contributed by atoms with Gasteiger partial charge in [0.1, 0.15) is 0 Å². The van der Waals surface area contributed by atoms with Crippen molar-refractivity contribution in [3.05, 3.63) is 29.8 Å². The van der Waals surface area contributed by atoms with E-state index in [0.717, 1.165) is 0 Å². The maximum atomic E-state index is 12.5. The van der Waals surface area contributed by atoms with E-state index in [0.29, 0.717) is 31.5 Å². The molecule has 0 aliphatic carbocycles. The van der Waals surface area contributed by atoms with E-state index in [-0.39, 0.29) is 24.0 Å². The minimum Gasteiger partial charge on any atom is -0.395 e. The van der Waals surface area contributed by atoms with Gasteiger partial charge in [0, 0.05) is 32.2 Å². The van der Waals surface area contributed by atoms with Crippen molar-refractivity contribution < 1.29 is 23.4 Å². The third kappa shape index (κ3) is 4.08. The minimum absolute atomic E-state index is 0.129. The monoisotopic (exact) mass is 342 g/mol. The Bertz CT molecular complexity index is 636. The molecule has 1 fully saturated rings. The average molecular weight is 342 g/mol. The Morgan fingerprint density at radius 2 is 1.83 bits per heavy atom. The molecule has 2 rings (SSSR count). The molecule has 0 saturated carbocycles. The van der Waals surface area contributed by atoms with Gasteiger partial charge in [-0.1, -0.05) is 0 Å². The number of carbonyl (C=O) groups is 1. The molecule has 23 heavy (non-hydrogen) atoms. The fourth-order valence-electron chi connectivity index (χ4n) is 2.47. The molecule has 8 heteroatoms. The summed E-state index contributed by atoms with van der Waals surface area (Å²) in [7, 11) is -2.03. The molecular weight excluding hydrogens is 320 g/mol. The first-order valence-corrected chi connectivity index (χ1v) is 8.95. The first-order chi connectivity index (χ1) is 10.9. The number of hydrogen-bond acceptors (Lipinski definition) is 5. The second-order valence-corrected chi connectivity index (χ2v) is 7.55. The zero-order valence-electron chi connectivity index (χ0n) is 13.1. The normalized spacial score (nSPS) is 17.2. The van der Waals surface area contributed by atoms with E-state index < -0.39 is 16.1 Å². The summed E-state index contributed by atoms with van der Waals surface area (Å²) in [5.74, 6) is -0.274. The summed E-state index contributed by atoms with van der Waals surface area (Å²) in [6.07, 6.45) is 0.423. The number of benzene rings is 1. The maximum Gasteiger partial charge on any atom is 0.253 e. The van der Waals surface area contributed by atoms with Gasteiger partial charge >= 0.3 is 0 Å². The molecule has 1 amide bonds. The fourth-order valence-corrected chi connectivity index (χ4v) is 3.94. The molecule has 0 bridgehead atoms. The van der Waals surface area contributed by atoms with Crippen LogP contribution in [0.1, 0.15) is 23.2 Å². The molecule has 1 saturated heterocycles. The van der Waals surface area contributed by atoms with Crippen LogP contribution < -0.4 is 0 Å². The van der Waals surface area contributed by atoms with Gasteiger partial charge in [0.25, 0.3) is 5.91 Å². The Kier molecular flexibility index (Phi) is 5.74. The van der Waals surface area contributed by atoms with Gasteiger partial charge < -0.3 is 15.1 Å². The highest BCUT2D eigenvalue weighted by Crippen LogP contribution is 2.21. The van der Waals surface area contributed by atoms with Gasteiger partial charge in [-0.25, -0.2) is 8.42 Å². The number of sulfonamides is 1. The Morgan fingerprint density at radius 3 is 2.35 bits per heavy atom. The van der Waals surface area contributed by atoms with Crippen LogP contribution in [0.25, 0.3) is 0 Å². The molecule has 1 aliphatic heterocycles. The molecule has 0 atom stereocenters. The number of likely N-dealkylation sites (N-methyl/N-ethyl adjacent to an activating group) is 1. The van der Waals surface area contributed by atoms with Gasteiger partial charge in [-0.3, -0.25) is 4.79 Å². The topological polar surface area (TPSA) is 98.2 Å². The van der Waals surface area contributed by atoms with Gasteiger partial charge in [0.2, 0.25) is 10.0 Å². The number of nitrogens with zero attached hydrogens (tertiary/aromatic N) is 2.